The first-order chi connectivity index (χ1) is 15.4. The zero-order valence-corrected chi connectivity index (χ0v) is 19.2. The van der Waals surface area contributed by atoms with E-state index in [2.05, 4.69) is 5.32 Å². The summed E-state index contributed by atoms with van der Waals surface area (Å²) in [7, 11) is -3.41. The van der Waals surface area contributed by atoms with Crippen molar-refractivity contribution in [1.29, 1.82) is 0 Å². The number of carbonyl (C=O) groups excluding carboxylic acids is 3. The van der Waals surface area contributed by atoms with Crippen molar-refractivity contribution in [3.05, 3.63) is 64.2 Å². The Morgan fingerprint density at radius 3 is 2.33 bits per heavy atom. The normalized spacial score (nSPS) is 14.2. The van der Waals surface area contributed by atoms with Crippen LogP contribution in [0.1, 0.15) is 55.5 Å². The first-order valence-corrected chi connectivity index (χ1v) is 12.1. The number of nitrogens with one attached hydrogen (secondary N) is 1. The highest BCUT2D eigenvalue weighted by Gasteiger charge is 2.38. The molecule has 1 atom stereocenters. The van der Waals surface area contributed by atoms with Crippen molar-refractivity contribution >= 4 is 39.2 Å². The molecule has 2 N–H and O–H groups in total. The molecule has 174 valence electrons. The number of sulfone groups is 1. The van der Waals surface area contributed by atoms with Gasteiger partial charge in [0, 0.05) is 11.3 Å². The van der Waals surface area contributed by atoms with Gasteiger partial charge in [-0.2, -0.15) is 0 Å². The average molecular weight is 473 g/mol. The number of amides is 3. The van der Waals surface area contributed by atoms with Gasteiger partial charge in [-0.3, -0.25) is 14.4 Å². The van der Waals surface area contributed by atoms with Crippen LogP contribution in [0.15, 0.2) is 36.4 Å². The quantitative estimate of drug-likeness (QED) is 0.561. The van der Waals surface area contributed by atoms with Crippen molar-refractivity contribution in [3.63, 3.8) is 0 Å². The van der Waals surface area contributed by atoms with Crippen LogP contribution in [-0.4, -0.2) is 54.8 Å². The molecule has 1 aliphatic rings. The largest absolute Gasteiger partial charge is 0.480 e. The number of aliphatic carboxylic acids is 1. The number of rotatable bonds is 8. The highest BCUT2D eigenvalue weighted by Crippen LogP contribution is 2.31. The van der Waals surface area contributed by atoms with Crippen LogP contribution in [0.5, 0.6) is 0 Å². The van der Waals surface area contributed by atoms with E-state index < -0.39 is 39.6 Å². The van der Waals surface area contributed by atoms with Crippen molar-refractivity contribution in [2.75, 3.05) is 16.4 Å². The molecular formula is C23H24N2O7S. The molecule has 0 fully saturated rings. The van der Waals surface area contributed by atoms with Gasteiger partial charge in [-0.05, 0) is 55.7 Å². The Balaban J connectivity index is 1.85. The third kappa shape index (κ3) is 4.95. The summed E-state index contributed by atoms with van der Waals surface area (Å²) in [5, 5.41) is 11.7. The number of imide groups is 1. The van der Waals surface area contributed by atoms with Crippen molar-refractivity contribution in [2.24, 2.45) is 0 Å². The van der Waals surface area contributed by atoms with Crippen LogP contribution in [0.2, 0.25) is 0 Å². The van der Waals surface area contributed by atoms with Gasteiger partial charge in [-0.1, -0.05) is 19.1 Å². The van der Waals surface area contributed by atoms with Crippen molar-refractivity contribution in [1.82, 2.24) is 5.32 Å². The van der Waals surface area contributed by atoms with Crippen molar-refractivity contribution in [2.45, 2.75) is 33.2 Å². The van der Waals surface area contributed by atoms with E-state index in [0.717, 1.165) is 16.0 Å². The van der Waals surface area contributed by atoms with E-state index >= 15 is 0 Å². The third-order valence-corrected chi connectivity index (χ3v) is 7.25. The van der Waals surface area contributed by atoms with E-state index in [0.29, 0.717) is 5.69 Å². The summed E-state index contributed by atoms with van der Waals surface area (Å²) in [6.45, 7) is 5.07. The Bertz CT molecular complexity index is 1270. The van der Waals surface area contributed by atoms with Gasteiger partial charge in [-0.25, -0.2) is 18.1 Å². The molecule has 0 spiro atoms. The summed E-state index contributed by atoms with van der Waals surface area (Å²) in [4.78, 5) is 51.1. The predicted octanol–water partition coefficient (Wildman–Crippen LogP) is 2.11. The Morgan fingerprint density at radius 2 is 1.70 bits per heavy atom. The van der Waals surface area contributed by atoms with Gasteiger partial charge in [0.2, 0.25) is 0 Å². The highest BCUT2D eigenvalue weighted by molar-refractivity contribution is 7.91. The summed E-state index contributed by atoms with van der Waals surface area (Å²) in [6.07, 6.45) is -0.292. The van der Waals surface area contributed by atoms with E-state index in [-0.39, 0.29) is 34.6 Å². The first kappa shape index (κ1) is 24.1. The number of carboxylic acid groups (broad SMARTS) is 1. The predicted molar refractivity (Wildman–Crippen MR) is 121 cm³/mol. The van der Waals surface area contributed by atoms with E-state index in [4.69, 9.17) is 0 Å². The molecule has 0 saturated carbocycles. The molecule has 2 aromatic rings. The van der Waals surface area contributed by atoms with Gasteiger partial charge in [0.15, 0.2) is 0 Å². The van der Waals surface area contributed by atoms with Gasteiger partial charge in [0.1, 0.15) is 15.9 Å². The second-order valence-electron chi connectivity index (χ2n) is 7.89. The molecule has 0 aliphatic carbocycles. The SMILES string of the molecule is CCS(=O)(=O)CCC(NC(=O)c1ccc2c(c1)C(=O)N(c1cc(C)ccc1C)C2=O)C(=O)O. The van der Waals surface area contributed by atoms with E-state index in [9.17, 15) is 32.7 Å². The average Bonchev–Trinajstić information content (AvgIpc) is 3.02. The minimum Gasteiger partial charge on any atom is -0.480 e. The molecule has 9 nitrogen and oxygen atoms in total. The molecule has 2 aromatic carbocycles. The molecule has 0 radical (unpaired) electrons. The molecule has 1 heterocycles. The number of benzene rings is 2. The van der Waals surface area contributed by atoms with Crippen LogP contribution in [0, 0.1) is 13.8 Å². The molecular weight excluding hydrogens is 448 g/mol. The molecule has 0 bridgehead atoms. The molecule has 0 aromatic heterocycles. The van der Waals surface area contributed by atoms with E-state index in [1.54, 1.807) is 19.1 Å². The van der Waals surface area contributed by atoms with Gasteiger partial charge in [0.25, 0.3) is 17.7 Å². The number of anilines is 1. The van der Waals surface area contributed by atoms with Crippen LogP contribution in [0.25, 0.3) is 0 Å². The Hall–Kier alpha value is -3.53. The lowest BCUT2D eigenvalue weighted by Crippen LogP contribution is -2.42. The number of fused-ring (bicyclic) bond motifs is 1. The van der Waals surface area contributed by atoms with Crippen LogP contribution < -0.4 is 10.2 Å². The summed E-state index contributed by atoms with van der Waals surface area (Å²) < 4.78 is 23.4. The molecule has 3 amide bonds. The maximum atomic E-state index is 13.0. The van der Waals surface area contributed by atoms with Crippen molar-refractivity contribution in [3.8, 4) is 0 Å². The van der Waals surface area contributed by atoms with Crippen LogP contribution >= 0.6 is 0 Å². The van der Waals surface area contributed by atoms with E-state index in [1.165, 1.54) is 25.1 Å². The maximum absolute atomic E-state index is 13.0. The lowest BCUT2D eigenvalue weighted by atomic mass is 10.0. The topological polar surface area (TPSA) is 138 Å². The summed E-state index contributed by atoms with van der Waals surface area (Å²) in [5.74, 6) is -3.77. The van der Waals surface area contributed by atoms with E-state index in [1.807, 2.05) is 13.0 Å². The summed E-state index contributed by atoms with van der Waals surface area (Å²) in [5.41, 5.74) is 2.23. The summed E-state index contributed by atoms with van der Waals surface area (Å²) in [6, 6.07) is 7.91. The Kier molecular flexibility index (Phi) is 6.68. The van der Waals surface area contributed by atoms with Crippen LogP contribution in [-0.2, 0) is 14.6 Å². The number of hydrogen-bond donors (Lipinski definition) is 2. The zero-order valence-electron chi connectivity index (χ0n) is 18.4. The summed E-state index contributed by atoms with van der Waals surface area (Å²) >= 11 is 0. The lowest BCUT2D eigenvalue weighted by molar-refractivity contribution is -0.139. The fourth-order valence-electron chi connectivity index (χ4n) is 3.50. The molecule has 1 unspecified atom stereocenters. The molecule has 33 heavy (non-hydrogen) atoms. The fourth-order valence-corrected chi connectivity index (χ4v) is 4.39. The Labute approximate surface area is 191 Å². The number of hydrogen-bond acceptors (Lipinski definition) is 6. The second-order valence-corrected chi connectivity index (χ2v) is 10.4. The first-order valence-electron chi connectivity index (χ1n) is 10.3. The fraction of sp³-hybridized carbons (Fsp3) is 0.304. The van der Waals surface area contributed by atoms with Crippen LogP contribution in [0.4, 0.5) is 5.69 Å². The minimum absolute atomic E-state index is 0.0117. The molecule has 3 rings (SSSR count). The zero-order chi connectivity index (χ0) is 24.5. The molecule has 0 saturated heterocycles. The molecule has 10 heteroatoms. The van der Waals surface area contributed by atoms with Gasteiger partial charge in [0.05, 0.1) is 22.6 Å². The standard InChI is InChI=1S/C23H24N2O7S/c1-4-33(31,32)10-9-18(23(29)30)24-20(26)15-7-8-16-17(12-15)22(28)25(21(16)27)19-11-13(2)5-6-14(19)3/h5-8,11-12,18H,4,9-10H2,1-3H3,(H,24,26)(H,29,30). The number of nitrogens with zero attached hydrogens (tertiary/aromatic N) is 1. The van der Waals surface area contributed by atoms with Gasteiger partial charge in [-0.15, -0.1) is 0 Å². The van der Waals surface area contributed by atoms with Crippen LogP contribution in [0.3, 0.4) is 0 Å². The Morgan fingerprint density at radius 1 is 1.03 bits per heavy atom. The number of aryl methyl sites for hydroxylation is 2. The monoisotopic (exact) mass is 472 g/mol. The van der Waals surface area contributed by atoms with Gasteiger partial charge >= 0.3 is 5.97 Å². The third-order valence-electron chi connectivity index (χ3n) is 5.52. The second kappa shape index (κ2) is 9.14. The highest BCUT2D eigenvalue weighted by atomic mass is 32.2. The maximum Gasteiger partial charge on any atom is 0.326 e. The number of carboxylic acids is 1. The number of carbonyl (C=O) groups is 4. The lowest BCUT2D eigenvalue weighted by Gasteiger charge is -2.17. The molecule has 1 aliphatic heterocycles. The van der Waals surface area contributed by atoms with Gasteiger partial charge < -0.3 is 10.4 Å². The smallest absolute Gasteiger partial charge is 0.326 e. The minimum atomic E-state index is -3.41. The van der Waals surface area contributed by atoms with Crippen molar-refractivity contribution < 1.29 is 32.7 Å².